The van der Waals surface area contributed by atoms with E-state index in [4.69, 9.17) is 0 Å². The van der Waals surface area contributed by atoms with Gasteiger partial charge in [0.05, 0.1) is 27.2 Å². The van der Waals surface area contributed by atoms with Crippen molar-refractivity contribution in [3.05, 3.63) is 0 Å². The Morgan fingerprint density at radius 2 is 1.00 bits per heavy atom. The number of unbranched alkanes of at least 4 members (excludes halogenated alkanes) is 10. The van der Waals surface area contributed by atoms with Gasteiger partial charge in [-0.3, -0.25) is 0 Å². The first-order valence-electron chi connectivity index (χ1n) is 9.00. The van der Waals surface area contributed by atoms with Crippen molar-refractivity contribution in [1.29, 1.82) is 0 Å². The zero-order valence-electron chi connectivity index (χ0n) is 14.8. The molecule has 0 N–H and O–H groups in total. The van der Waals surface area contributed by atoms with E-state index < -0.39 is 0 Å². The van der Waals surface area contributed by atoms with Crippen molar-refractivity contribution in [3.63, 3.8) is 0 Å². The topological polar surface area (TPSA) is 0 Å². The van der Waals surface area contributed by atoms with Crippen LogP contribution >= 0.6 is 15.9 Å². The van der Waals surface area contributed by atoms with Gasteiger partial charge >= 0.3 is 0 Å². The Bertz CT molecular complexity index is 198. The zero-order valence-corrected chi connectivity index (χ0v) is 17.2. The first kappa shape index (κ1) is 24.0. The Hall–Kier alpha value is 0.730. The van der Waals surface area contributed by atoms with Gasteiger partial charge in [-0.15, -0.1) is 0 Å². The summed E-state index contributed by atoms with van der Waals surface area (Å²) in [4.78, 5) is 0. The van der Waals surface area contributed by atoms with E-state index in [1.165, 1.54) is 94.6 Å². The molecule has 0 aromatic heterocycles. The van der Waals surface area contributed by atoms with Crippen LogP contribution in [-0.2, 0) is 0 Å². The number of nitrogens with zero attached hydrogens (tertiary/aromatic N) is 1. The molecule has 0 aliphatic carbocycles. The molecule has 0 heterocycles. The molecule has 130 valence electrons. The third-order valence-corrected chi connectivity index (χ3v) is 4.82. The maximum absolute atomic E-state index is 3.53. The highest BCUT2D eigenvalue weighted by atomic mass is 79.9. The van der Waals surface area contributed by atoms with Crippen molar-refractivity contribution in [2.45, 2.75) is 84.0 Å². The molecule has 1 nitrogen and oxygen atoms in total. The molecule has 0 aliphatic rings. The van der Waals surface area contributed by atoms with Gasteiger partial charge in [-0.2, -0.15) is 0 Å². The van der Waals surface area contributed by atoms with Crippen LogP contribution in [-0.4, -0.2) is 37.0 Å². The molecular formula is C18H39BrClN. The van der Waals surface area contributed by atoms with E-state index in [9.17, 15) is 0 Å². The fraction of sp³-hybridized carbons (Fsp3) is 1.00. The monoisotopic (exact) mass is 383 g/mol. The molecule has 0 fully saturated rings. The van der Waals surface area contributed by atoms with Gasteiger partial charge in [-0.05, 0) is 12.8 Å². The van der Waals surface area contributed by atoms with Gasteiger partial charge in [-0.1, -0.05) is 80.6 Å². The lowest BCUT2D eigenvalue weighted by Crippen LogP contribution is -3.00. The first-order valence-corrected chi connectivity index (χ1v) is 10.1. The molecule has 0 aliphatic heterocycles. The molecule has 0 spiro atoms. The van der Waals surface area contributed by atoms with Gasteiger partial charge < -0.3 is 16.9 Å². The molecule has 0 aromatic rings. The molecule has 0 saturated carbocycles. The van der Waals surface area contributed by atoms with Crippen molar-refractivity contribution >= 4 is 15.9 Å². The molecule has 0 rings (SSSR count). The van der Waals surface area contributed by atoms with Crippen LogP contribution in [0.5, 0.6) is 0 Å². The summed E-state index contributed by atoms with van der Waals surface area (Å²) in [7, 11) is 4.75. The minimum Gasteiger partial charge on any atom is -1.00 e. The van der Waals surface area contributed by atoms with E-state index in [1.807, 2.05) is 0 Å². The Labute approximate surface area is 149 Å². The molecule has 3 heteroatoms. The van der Waals surface area contributed by atoms with Crippen LogP contribution in [0.25, 0.3) is 0 Å². The average molecular weight is 385 g/mol. The summed E-state index contributed by atoms with van der Waals surface area (Å²) in [5.41, 5.74) is 0. The van der Waals surface area contributed by atoms with Gasteiger partial charge in [-0.25, -0.2) is 0 Å². The molecule has 0 unspecified atom stereocenters. The summed E-state index contributed by atoms with van der Waals surface area (Å²) in [5.74, 6) is 0. The molecule has 21 heavy (non-hydrogen) atoms. The van der Waals surface area contributed by atoms with Gasteiger partial charge in [0.1, 0.15) is 0 Å². The molecule has 0 radical (unpaired) electrons. The third kappa shape index (κ3) is 18.7. The Balaban J connectivity index is 0. The smallest absolute Gasteiger partial charge is 0.0790 e. The minimum atomic E-state index is 0. The van der Waals surface area contributed by atoms with Crippen molar-refractivity contribution in [2.24, 2.45) is 0 Å². The van der Waals surface area contributed by atoms with E-state index >= 15 is 0 Å². The highest BCUT2D eigenvalue weighted by molar-refractivity contribution is 9.09. The van der Waals surface area contributed by atoms with E-state index in [2.05, 4.69) is 36.9 Å². The number of hydrogen-bond acceptors (Lipinski definition) is 0. The molecular weight excluding hydrogens is 346 g/mol. The Kier molecular flexibility index (Phi) is 19.5. The fourth-order valence-corrected chi connectivity index (χ4v) is 3.05. The van der Waals surface area contributed by atoms with E-state index in [1.54, 1.807) is 0 Å². The fourth-order valence-electron chi connectivity index (χ4n) is 2.80. The van der Waals surface area contributed by atoms with Gasteiger partial charge in [0, 0.05) is 11.8 Å². The summed E-state index contributed by atoms with van der Waals surface area (Å²) < 4.78 is 1.20. The van der Waals surface area contributed by atoms with Gasteiger partial charge in [0.15, 0.2) is 0 Å². The zero-order chi connectivity index (χ0) is 15.1. The van der Waals surface area contributed by atoms with E-state index in [-0.39, 0.29) is 12.4 Å². The SMILES string of the molecule is CCCCCCCCCCCCC[N+](C)(C)CCCBr.[Cl-]. The lowest BCUT2D eigenvalue weighted by Gasteiger charge is -2.29. The standard InChI is InChI=1S/C18H39BrN.ClH/c1-4-5-6-7-8-9-10-11-12-13-14-17-20(2,3)18-15-16-19;/h4-18H2,1-3H3;1H/q+1;/p-1. The second-order valence-corrected chi connectivity index (χ2v) is 7.75. The van der Waals surface area contributed by atoms with Crippen LogP contribution < -0.4 is 12.4 Å². The van der Waals surface area contributed by atoms with E-state index in [0.717, 1.165) is 5.33 Å². The second-order valence-electron chi connectivity index (χ2n) is 6.96. The molecule has 0 aromatic carbocycles. The number of halogens is 2. The molecule has 0 bridgehead atoms. The normalized spacial score (nSPS) is 11.4. The number of quaternary nitrogens is 1. The van der Waals surface area contributed by atoms with Crippen molar-refractivity contribution in [3.8, 4) is 0 Å². The van der Waals surface area contributed by atoms with Crippen LogP contribution in [0.15, 0.2) is 0 Å². The Morgan fingerprint density at radius 3 is 1.43 bits per heavy atom. The highest BCUT2D eigenvalue weighted by Gasteiger charge is 2.12. The maximum Gasteiger partial charge on any atom is 0.0790 e. The highest BCUT2D eigenvalue weighted by Crippen LogP contribution is 2.12. The van der Waals surface area contributed by atoms with E-state index in [0.29, 0.717) is 0 Å². The Morgan fingerprint density at radius 1 is 0.619 bits per heavy atom. The molecule has 0 atom stereocenters. The van der Waals surface area contributed by atoms with Crippen LogP contribution in [0.1, 0.15) is 84.0 Å². The second kappa shape index (κ2) is 17.1. The van der Waals surface area contributed by atoms with Crippen molar-refractivity contribution < 1.29 is 16.9 Å². The van der Waals surface area contributed by atoms with Crippen LogP contribution in [0, 0.1) is 0 Å². The minimum absolute atomic E-state index is 0. The summed E-state index contributed by atoms with van der Waals surface area (Å²) in [6, 6.07) is 0. The first-order chi connectivity index (χ1) is 9.62. The molecule has 0 amide bonds. The maximum atomic E-state index is 3.53. The van der Waals surface area contributed by atoms with Crippen LogP contribution in [0.2, 0.25) is 0 Å². The van der Waals surface area contributed by atoms with Gasteiger partial charge in [0.2, 0.25) is 0 Å². The average Bonchev–Trinajstić information content (AvgIpc) is 2.42. The predicted octanol–water partition coefficient (Wildman–Crippen LogP) is 3.16. The summed E-state index contributed by atoms with van der Waals surface area (Å²) in [6.07, 6.45) is 17.2. The lowest BCUT2D eigenvalue weighted by molar-refractivity contribution is -0.890. The quantitative estimate of drug-likeness (QED) is 0.231. The summed E-state index contributed by atoms with van der Waals surface area (Å²) in [5, 5.41) is 1.15. The number of rotatable bonds is 15. The van der Waals surface area contributed by atoms with Crippen molar-refractivity contribution in [1.82, 2.24) is 0 Å². The largest absolute Gasteiger partial charge is 1.00 e. The summed E-state index contributed by atoms with van der Waals surface area (Å²) in [6.45, 7) is 4.95. The third-order valence-electron chi connectivity index (χ3n) is 4.26. The molecule has 0 saturated heterocycles. The van der Waals surface area contributed by atoms with Crippen molar-refractivity contribution in [2.75, 3.05) is 32.5 Å². The summed E-state index contributed by atoms with van der Waals surface area (Å²) >= 11 is 3.53. The van der Waals surface area contributed by atoms with Gasteiger partial charge in [0.25, 0.3) is 0 Å². The van der Waals surface area contributed by atoms with Crippen LogP contribution in [0.4, 0.5) is 0 Å². The predicted molar refractivity (Wildman–Crippen MR) is 96.7 cm³/mol. The number of hydrogen-bond donors (Lipinski definition) is 0. The van der Waals surface area contributed by atoms with Crippen LogP contribution in [0.3, 0.4) is 0 Å². The number of alkyl halides is 1. The lowest BCUT2D eigenvalue weighted by atomic mass is 10.1.